The van der Waals surface area contributed by atoms with Crippen LogP contribution in [0.5, 0.6) is 5.75 Å². The topological polar surface area (TPSA) is 59.1 Å². The number of ether oxygens (including phenoxy) is 1. The molecule has 0 spiro atoms. The van der Waals surface area contributed by atoms with Gasteiger partial charge < -0.3 is 10.5 Å². The number of amidine groups is 1. The lowest BCUT2D eigenvalue weighted by Gasteiger charge is -2.03. The predicted octanol–water partition coefficient (Wildman–Crippen LogP) is 1.79. The van der Waals surface area contributed by atoms with Gasteiger partial charge in [-0.1, -0.05) is 23.9 Å². The summed E-state index contributed by atoms with van der Waals surface area (Å²) >= 11 is 1.39. The van der Waals surface area contributed by atoms with Crippen molar-refractivity contribution in [2.24, 2.45) is 5.73 Å². The summed E-state index contributed by atoms with van der Waals surface area (Å²) in [6.07, 6.45) is 1.97. The molecule has 4 heteroatoms. The van der Waals surface area contributed by atoms with Gasteiger partial charge in [0.1, 0.15) is 5.75 Å². The molecule has 1 heterocycles. The molecular formula is C11H14N2OS. The normalized spacial score (nSPS) is 13.3. The maximum absolute atomic E-state index is 7.10. The molecule has 15 heavy (non-hydrogen) atoms. The molecule has 0 atom stereocenters. The molecule has 2 rings (SSSR count). The number of hydrogen-bond acceptors (Lipinski definition) is 3. The van der Waals surface area contributed by atoms with E-state index in [1.807, 2.05) is 6.07 Å². The third-order valence-electron chi connectivity index (χ3n) is 2.40. The van der Waals surface area contributed by atoms with Gasteiger partial charge in [0.2, 0.25) is 0 Å². The Hall–Kier alpha value is -1.16. The van der Waals surface area contributed by atoms with E-state index in [-0.39, 0.29) is 5.17 Å². The summed E-state index contributed by atoms with van der Waals surface area (Å²) in [7, 11) is 0. The Labute approximate surface area is 93.5 Å². The Bertz CT molecular complexity index is 379. The zero-order valence-corrected chi connectivity index (χ0v) is 9.27. The van der Waals surface area contributed by atoms with Gasteiger partial charge in [-0.3, -0.25) is 5.41 Å². The molecule has 0 saturated heterocycles. The Balaban J connectivity index is 1.95. The lowest BCUT2D eigenvalue weighted by Crippen LogP contribution is -2.05. The second-order valence-electron chi connectivity index (χ2n) is 3.50. The van der Waals surface area contributed by atoms with E-state index in [0.717, 1.165) is 31.0 Å². The molecule has 0 fully saturated rings. The van der Waals surface area contributed by atoms with Crippen LogP contribution in [0.15, 0.2) is 18.2 Å². The van der Waals surface area contributed by atoms with Crippen LogP contribution in [0.3, 0.4) is 0 Å². The molecule has 0 unspecified atom stereocenters. The maximum Gasteiger partial charge on any atom is 0.151 e. The summed E-state index contributed by atoms with van der Waals surface area (Å²) in [5.41, 5.74) is 7.88. The third-order valence-corrected chi connectivity index (χ3v) is 3.12. The first-order valence-electron chi connectivity index (χ1n) is 4.97. The SMILES string of the molecule is N=C(N)SCCc1ccc2c(c1)CCO2. The minimum atomic E-state index is 0.194. The molecular weight excluding hydrogens is 208 g/mol. The smallest absolute Gasteiger partial charge is 0.151 e. The maximum atomic E-state index is 7.10. The van der Waals surface area contributed by atoms with Crippen molar-refractivity contribution in [3.8, 4) is 5.75 Å². The van der Waals surface area contributed by atoms with Crippen LogP contribution in [-0.4, -0.2) is 17.5 Å². The van der Waals surface area contributed by atoms with E-state index in [0.29, 0.717) is 0 Å². The number of aryl methyl sites for hydroxylation is 1. The minimum absolute atomic E-state index is 0.194. The Morgan fingerprint density at radius 3 is 3.20 bits per heavy atom. The van der Waals surface area contributed by atoms with Crippen molar-refractivity contribution < 1.29 is 4.74 Å². The standard InChI is InChI=1S/C11H14N2OS/c12-11(13)15-6-4-8-1-2-10-9(7-8)3-5-14-10/h1-2,7H,3-6H2,(H3,12,13). The zero-order valence-electron chi connectivity index (χ0n) is 8.45. The summed E-state index contributed by atoms with van der Waals surface area (Å²) < 4.78 is 5.44. The van der Waals surface area contributed by atoms with Crippen LogP contribution in [0.2, 0.25) is 0 Å². The fraction of sp³-hybridized carbons (Fsp3) is 0.364. The summed E-state index contributed by atoms with van der Waals surface area (Å²) in [6, 6.07) is 6.32. The van der Waals surface area contributed by atoms with Gasteiger partial charge >= 0.3 is 0 Å². The molecule has 0 radical (unpaired) electrons. The van der Waals surface area contributed by atoms with Gasteiger partial charge in [-0.15, -0.1) is 0 Å². The van der Waals surface area contributed by atoms with Crippen LogP contribution in [0.1, 0.15) is 11.1 Å². The summed E-state index contributed by atoms with van der Waals surface area (Å²) in [5, 5.41) is 7.30. The van der Waals surface area contributed by atoms with Gasteiger partial charge in [0.05, 0.1) is 6.61 Å². The number of rotatable bonds is 3. The van der Waals surface area contributed by atoms with Gasteiger partial charge in [0.25, 0.3) is 0 Å². The Morgan fingerprint density at radius 2 is 2.40 bits per heavy atom. The first-order chi connectivity index (χ1) is 7.25. The predicted molar refractivity (Wildman–Crippen MR) is 63.7 cm³/mol. The molecule has 1 aliphatic rings. The number of nitrogens with two attached hydrogens (primary N) is 1. The van der Waals surface area contributed by atoms with Gasteiger partial charge in [-0.25, -0.2) is 0 Å². The molecule has 1 aromatic rings. The molecule has 0 bridgehead atoms. The molecule has 80 valence electrons. The fourth-order valence-corrected chi connectivity index (χ4v) is 2.23. The van der Waals surface area contributed by atoms with Crippen LogP contribution in [0.4, 0.5) is 0 Å². The third kappa shape index (κ3) is 2.65. The van der Waals surface area contributed by atoms with Crippen LogP contribution in [-0.2, 0) is 12.8 Å². The second-order valence-corrected chi connectivity index (χ2v) is 4.64. The molecule has 0 aromatic heterocycles. The van der Waals surface area contributed by atoms with E-state index in [9.17, 15) is 0 Å². The van der Waals surface area contributed by atoms with Crippen molar-refractivity contribution in [1.29, 1.82) is 5.41 Å². The van der Waals surface area contributed by atoms with E-state index < -0.39 is 0 Å². The Morgan fingerprint density at radius 1 is 1.53 bits per heavy atom. The van der Waals surface area contributed by atoms with Crippen molar-refractivity contribution in [3.63, 3.8) is 0 Å². The molecule has 0 amide bonds. The number of hydrogen-bond donors (Lipinski definition) is 2. The molecule has 3 N–H and O–H groups in total. The van der Waals surface area contributed by atoms with Crippen molar-refractivity contribution in [2.45, 2.75) is 12.8 Å². The highest BCUT2D eigenvalue weighted by Gasteiger charge is 2.11. The van der Waals surface area contributed by atoms with Crippen LogP contribution < -0.4 is 10.5 Å². The van der Waals surface area contributed by atoms with E-state index in [1.54, 1.807) is 0 Å². The number of fused-ring (bicyclic) bond motifs is 1. The highest BCUT2D eigenvalue weighted by molar-refractivity contribution is 8.13. The lowest BCUT2D eigenvalue weighted by atomic mass is 10.1. The van der Waals surface area contributed by atoms with Crippen molar-refractivity contribution >= 4 is 16.9 Å². The number of thioether (sulfide) groups is 1. The quantitative estimate of drug-likeness (QED) is 0.605. The first kappa shape index (κ1) is 10.4. The average Bonchev–Trinajstić information content (AvgIpc) is 2.64. The van der Waals surface area contributed by atoms with E-state index >= 15 is 0 Å². The van der Waals surface area contributed by atoms with E-state index in [4.69, 9.17) is 15.9 Å². The largest absolute Gasteiger partial charge is 0.493 e. The second kappa shape index (κ2) is 4.57. The lowest BCUT2D eigenvalue weighted by molar-refractivity contribution is 0.357. The summed E-state index contributed by atoms with van der Waals surface area (Å²) in [6.45, 7) is 0.807. The van der Waals surface area contributed by atoms with Crippen molar-refractivity contribution in [1.82, 2.24) is 0 Å². The zero-order chi connectivity index (χ0) is 10.7. The highest BCUT2D eigenvalue weighted by Crippen LogP contribution is 2.26. The minimum Gasteiger partial charge on any atom is -0.493 e. The fourth-order valence-electron chi connectivity index (χ4n) is 1.67. The molecule has 0 saturated carbocycles. The molecule has 1 aromatic carbocycles. The van der Waals surface area contributed by atoms with Crippen LogP contribution >= 0.6 is 11.8 Å². The van der Waals surface area contributed by atoms with Gasteiger partial charge in [0, 0.05) is 12.2 Å². The monoisotopic (exact) mass is 222 g/mol. The number of benzene rings is 1. The van der Waals surface area contributed by atoms with Crippen LogP contribution in [0.25, 0.3) is 0 Å². The van der Waals surface area contributed by atoms with Gasteiger partial charge in [-0.2, -0.15) is 0 Å². The van der Waals surface area contributed by atoms with E-state index in [1.165, 1.54) is 22.9 Å². The van der Waals surface area contributed by atoms with Gasteiger partial charge in [0.15, 0.2) is 5.17 Å². The van der Waals surface area contributed by atoms with Crippen molar-refractivity contribution in [3.05, 3.63) is 29.3 Å². The number of nitrogens with one attached hydrogen (secondary N) is 1. The summed E-state index contributed by atoms with van der Waals surface area (Å²) in [4.78, 5) is 0. The summed E-state index contributed by atoms with van der Waals surface area (Å²) in [5.74, 6) is 1.90. The first-order valence-corrected chi connectivity index (χ1v) is 5.96. The van der Waals surface area contributed by atoms with Crippen molar-refractivity contribution in [2.75, 3.05) is 12.4 Å². The molecule has 1 aliphatic heterocycles. The van der Waals surface area contributed by atoms with Crippen LogP contribution in [0, 0.1) is 5.41 Å². The van der Waals surface area contributed by atoms with E-state index in [2.05, 4.69) is 12.1 Å². The molecule has 3 nitrogen and oxygen atoms in total. The Kier molecular flexibility index (Phi) is 3.16. The average molecular weight is 222 g/mol. The van der Waals surface area contributed by atoms with Gasteiger partial charge in [-0.05, 0) is 23.6 Å². The highest BCUT2D eigenvalue weighted by atomic mass is 32.2. The molecule has 0 aliphatic carbocycles.